The third-order valence-electron chi connectivity index (χ3n) is 3.93. The highest BCUT2D eigenvalue weighted by Gasteiger charge is 2.09. The van der Waals surface area contributed by atoms with Gasteiger partial charge in [-0.05, 0) is 67.3 Å². The molecule has 0 aromatic heterocycles. The normalized spacial score (nSPS) is 11.0. The third kappa shape index (κ3) is 7.24. The fourth-order valence-corrected chi connectivity index (χ4v) is 3.26. The summed E-state index contributed by atoms with van der Waals surface area (Å²) in [6, 6.07) is 6.29. The van der Waals surface area contributed by atoms with Crippen LogP contribution in [-0.2, 0) is 9.59 Å². The molecule has 12 heteroatoms. The Labute approximate surface area is 200 Å². The Morgan fingerprint density at radius 3 is 1.56 bits per heavy atom. The maximum absolute atomic E-state index is 11.9. The monoisotopic (exact) mass is 570 g/mol. The zero-order valence-corrected chi connectivity index (χ0v) is 20.2. The molecule has 0 saturated heterocycles. The molecule has 4 N–H and O–H groups in total. The molecule has 2 aromatic rings. The highest BCUT2D eigenvalue weighted by Crippen LogP contribution is 2.35. The van der Waals surface area contributed by atoms with Crippen molar-refractivity contribution in [3.63, 3.8) is 0 Å². The van der Waals surface area contributed by atoms with E-state index in [-0.39, 0.29) is 35.8 Å². The topological polar surface area (TPSA) is 142 Å². The van der Waals surface area contributed by atoms with Gasteiger partial charge in [-0.25, -0.2) is 10.9 Å². The van der Waals surface area contributed by atoms with Gasteiger partial charge in [-0.1, -0.05) is 0 Å². The number of hydrogen-bond acceptors (Lipinski definition) is 8. The van der Waals surface area contributed by atoms with Gasteiger partial charge in [-0.15, -0.1) is 0 Å². The average molecular weight is 572 g/mol. The predicted molar refractivity (Wildman–Crippen MR) is 125 cm³/mol. The van der Waals surface area contributed by atoms with Crippen molar-refractivity contribution in [3.05, 3.63) is 44.3 Å². The number of hydrogen-bond donors (Lipinski definition) is 4. The molecule has 0 spiro atoms. The molecule has 0 unspecified atom stereocenters. The van der Waals surface area contributed by atoms with E-state index in [1.54, 1.807) is 24.3 Å². The number of nitrogens with zero attached hydrogens (tertiary/aromatic N) is 2. The van der Waals surface area contributed by atoms with Gasteiger partial charge >= 0.3 is 0 Å². The van der Waals surface area contributed by atoms with Crippen LogP contribution in [0.1, 0.15) is 24.0 Å². The summed E-state index contributed by atoms with van der Waals surface area (Å²) >= 11 is 6.39. The van der Waals surface area contributed by atoms with E-state index in [0.717, 1.165) is 0 Å². The van der Waals surface area contributed by atoms with E-state index in [1.165, 1.54) is 26.6 Å². The fourth-order valence-electron chi connectivity index (χ4n) is 2.34. The van der Waals surface area contributed by atoms with Crippen LogP contribution >= 0.6 is 31.9 Å². The summed E-state index contributed by atoms with van der Waals surface area (Å²) in [5, 5.41) is 27.2. The minimum atomic E-state index is -0.461. The van der Waals surface area contributed by atoms with Gasteiger partial charge in [0.2, 0.25) is 11.8 Å². The van der Waals surface area contributed by atoms with E-state index < -0.39 is 11.8 Å². The van der Waals surface area contributed by atoms with Crippen LogP contribution in [0.15, 0.2) is 43.4 Å². The first kappa shape index (κ1) is 25.1. The molecule has 10 nitrogen and oxygen atoms in total. The van der Waals surface area contributed by atoms with E-state index in [0.29, 0.717) is 20.1 Å². The maximum atomic E-state index is 11.9. The van der Waals surface area contributed by atoms with Gasteiger partial charge < -0.3 is 19.7 Å². The molecule has 0 saturated carbocycles. The number of nitrogens with one attached hydrogen (secondary N) is 2. The number of methoxy groups -OCH3 is 2. The van der Waals surface area contributed by atoms with Crippen molar-refractivity contribution in [2.75, 3.05) is 14.2 Å². The summed E-state index contributed by atoms with van der Waals surface area (Å²) in [7, 11) is 2.83. The SMILES string of the molecule is COc1cc(/C=N/NC(=O)CCC(=O)N/N=C/c2cc(Br)c(O)c(OC)c2)cc(Br)c1O. The fraction of sp³-hybridized carbons (Fsp3) is 0.200. The van der Waals surface area contributed by atoms with E-state index in [9.17, 15) is 19.8 Å². The molecular formula is C20H20Br2N4O6. The maximum Gasteiger partial charge on any atom is 0.240 e. The minimum absolute atomic E-state index is 0.0421. The number of amides is 2. The molecule has 0 heterocycles. The Balaban J connectivity index is 1.80. The molecule has 0 aliphatic rings. The molecule has 32 heavy (non-hydrogen) atoms. The lowest BCUT2D eigenvalue weighted by Crippen LogP contribution is -2.22. The van der Waals surface area contributed by atoms with Gasteiger partial charge in [0.25, 0.3) is 0 Å². The largest absolute Gasteiger partial charge is 0.503 e. The minimum Gasteiger partial charge on any atom is -0.503 e. The second-order valence-corrected chi connectivity index (χ2v) is 7.90. The molecular weight excluding hydrogens is 552 g/mol. The molecule has 2 amide bonds. The number of halogens is 2. The Morgan fingerprint density at radius 2 is 1.22 bits per heavy atom. The number of hydrazone groups is 2. The summed E-state index contributed by atoms with van der Waals surface area (Å²) < 4.78 is 10.9. The summed E-state index contributed by atoms with van der Waals surface area (Å²) in [6.07, 6.45) is 2.55. The first-order valence-corrected chi connectivity index (χ1v) is 10.6. The second kappa shape index (κ2) is 12.1. The molecule has 2 aromatic carbocycles. The van der Waals surface area contributed by atoms with Crippen LogP contribution in [0.4, 0.5) is 0 Å². The number of phenolic OH excluding ortho intramolecular Hbond substituents is 2. The zero-order valence-electron chi connectivity index (χ0n) is 17.1. The van der Waals surface area contributed by atoms with Gasteiger partial charge in [0.1, 0.15) is 0 Å². The van der Waals surface area contributed by atoms with Gasteiger partial charge in [-0.3, -0.25) is 9.59 Å². The van der Waals surface area contributed by atoms with Gasteiger partial charge in [-0.2, -0.15) is 10.2 Å². The van der Waals surface area contributed by atoms with Crippen molar-refractivity contribution in [1.82, 2.24) is 10.9 Å². The van der Waals surface area contributed by atoms with Gasteiger partial charge in [0.05, 0.1) is 35.6 Å². The van der Waals surface area contributed by atoms with E-state index in [4.69, 9.17) is 9.47 Å². The number of ether oxygens (including phenoxy) is 2. The molecule has 170 valence electrons. The van der Waals surface area contributed by atoms with Crippen molar-refractivity contribution in [1.29, 1.82) is 0 Å². The molecule has 2 rings (SSSR count). The number of benzene rings is 2. The number of carbonyl (C=O) groups is 2. The van der Waals surface area contributed by atoms with Crippen molar-refractivity contribution in [2.45, 2.75) is 12.8 Å². The molecule has 0 fully saturated rings. The summed E-state index contributed by atoms with van der Waals surface area (Å²) in [4.78, 5) is 23.7. The lowest BCUT2D eigenvalue weighted by Gasteiger charge is -2.06. The lowest BCUT2D eigenvalue weighted by atomic mass is 10.2. The number of aromatic hydroxyl groups is 2. The lowest BCUT2D eigenvalue weighted by molar-refractivity contribution is -0.126. The molecule has 0 bridgehead atoms. The van der Waals surface area contributed by atoms with Crippen LogP contribution in [-0.4, -0.2) is 48.7 Å². The molecule has 0 radical (unpaired) electrons. The molecule has 0 aliphatic carbocycles. The van der Waals surface area contributed by atoms with Crippen molar-refractivity contribution < 1.29 is 29.3 Å². The second-order valence-electron chi connectivity index (χ2n) is 6.19. The highest BCUT2D eigenvalue weighted by molar-refractivity contribution is 9.10. The first-order valence-electron chi connectivity index (χ1n) is 9.02. The quantitative estimate of drug-likeness (QED) is 0.269. The van der Waals surface area contributed by atoms with Crippen LogP contribution in [0.5, 0.6) is 23.0 Å². The van der Waals surface area contributed by atoms with Crippen molar-refractivity contribution in [2.24, 2.45) is 10.2 Å². The Bertz CT molecular complexity index is 975. The van der Waals surface area contributed by atoms with E-state index in [2.05, 4.69) is 52.9 Å². The molecule has 0 aliphatic heterocycles. The number of phenols is 2. The van der Waals surface area contributed by atoms with Gasteiger partial charge in [0, 0.05) is 12.8 Å². The van der Waals surface area contributed by atoms with E-state index >= 15 is 0 Å². The van der Waals surface area contributed by atoms with E-state index in [1.807, 2.05) is 0 Å². The van der Waals surface area contributed by atoms with Crippen LogP contribution in [0, 0.1) is 0 Å². The van der Waals surface area contributed by atoms with Crippen LogP contribution in [0.25, 0.3) is 0 Å². The Morgan fingerprint density at radius 1 is 0.844 bits per heavy atom. The molecule has 0 atom stereocenters. The zero-order chi connectivity index (χ0) is 23.7. The van der Waals surface area contributed by atoms with Gasteiger partial charge in [0.15, 0.2) is 23.0 Å². The van der Waals surface area contributed by atoms with Crippen molar-refractivity contribution in [3.8, 4) is 23.0 Å². The average Bonchev–Trinajstić information content (AvgIpc) is 2.76. The third-order valence-corrected chi connectivity index (χ3v) is 5.14. The highest BCUT2D eigenvalue weighted by atomic mass is 79.9. The smallest absolute Gasteiger partial charge is 0.240 e. The number of carbonyl (C=O) groups excluding carboxylic acids is 2. The first-order chi connectivity index (χ1) is 15.2. The number of rotatable bonds is 9. The summed E-state index contributed by atoms with van der Waals surface area (Å²) in [5.74, 6) is -0.501. The van der Waals surface area contributed by atoms with Crippen LogP contribution in [0.3, 0.4) is 0 Å². The standard InChI is InChI=1S/C20H20Br2N4O6/c1-31-15-7-11(5-13(21)19(15)29)9-23-25-17(27)3-4-18(28)26-24-10-12-6-14(22)20(30)16(8-12)32-2/h5-10,29-30H,3-4H2,1-2H3,(H,25,27)(H,26,28)/b23-9+,24-10+. The van der Waals surface area contributed by atoms with Crippen molar-refractivity contribution >= 4 is 56.1 Å². The predicted octanol–water partition coefficient (Wildman–Crippen LogP) is 3.02. The Kier molecular flexibility index (Phi) is 9.47. The Hall–Kier alpha value is -3.12. The summed E-state index contributed by atoms with van der Waals surface area (Å²) in [6.45, 7) is 0. The summed E-state index contributed by atoms with van der Waals surface area (Å²) in [5.41, 5.74) is 5.79. The van der Waals surface area contributed by atoms with Crippen LogP contribution in [0.2, 0.25) is 0 Å². The van der Waals surface area contributed by atoms with Crippen LogP contribution < -0.4 is 20.3 Å².